The van der Waals surface area contributed by atoms with E-state index in [0.29, 0.717) is 10.4 Å². The minimum Gasteiger partial charge on any atom is -0.349 e. The summed E-state index contributed by atoms with van der Waals surface area (Å²) in [6.07, 6.45) is 0.987. The van der Waals surface area contributed by atoms with Gasteiger partial charge in [0.1, 0.15) is 5.82 Å². The van der Waals surface area contributed by atoms with Crippen molar-refractivity contribution in [1.82, 2.24) is 5.32 Å². The first kappa shape index (κ1) is 10.6. The molecular weight excluding hydrogens is 261 g/mol. The number of carbonyl (C=O) groups is 1. The highest BCUT2D eigenvalue weighted by molar-refractivity contribution is 9.10. The molecule has 0 aromatic heterocycles. The van der Waals surface area contributed by atoms with Crippen molar-refractivity contribution in [3.05, 3.63) is 34.1 Å². The van der Waals surface area contributed by atoms with Crippen molar-refractivity contribution in [1.29, 1.82) is 0 Å². The van der Waals surface area contributed by atoms with Crippen LogP contribution >= 0.6 is 15.9 Å². The zero-order valence-electron chi connectivity index (χ0n) is 8.26. The van der Waals surface area contributed by atoms with Gasteiger partial charge in [0, 0.05) is 10.5 Å². The van der Waals surface area contributed by atoms with E-state index < -0.39 is 5.82 Å². The molecule has 2 atom stereocenters. The standard InChI is InChI=1S/C11H11BrFNO/c1-6-4-10(6)14-11(15)8-5-7(12)2-3-9(8)13/h2-3,5-6,10H,4H2,1H3,(H,14,15). The third-order valence-corrected chi connectivity index (χ3v) is 3.09. The molecule has 0 radical (unpaired) electrons. The molecule has 1 aromatic carbocycles. The van der Waals surface area contributed by atoms with E-state index in [1.165, 1.54) is 12.1 Å². The molecule has 4 heteroatoms. The van der Waals surface area contributed by atoms with E-state index in [9.17, 15) is 9.18 Å². The summed E-state index contributed by atoms with van der Waals surface area (Å²) < 4.78 is 14.0. The first-order chi connectivity index (χ1) is 7.08. The van der Waals surface area contributed by atoms with Crippen molar-refractivity contribution < 1.29 is 9.18 Å². The highest BCUT2D eigenvalue weighted by Crippen LogP contribution is 2.29. The summed E-state index contributed by atoms with van der Waals surface area (Å²) >= 11 is 3.21. The monoisotopic (exact) mass is 271 g/mol. The molecular formula is C11H11BrFNO. The van der Waals surface area contributed by atoms with Crippen molar-refractivity contribution in [3.8, 4) is 0 Å². The zero-order valence-corrected chi connectivity index (χ0v) is 9.84. The maximum Gasteiger partial charge on any atom is 0.254 e. The van der Waals surface area contributed by atoms with Crippen molar-refractivity contribution in [3.63, 3.8) is 0 Å². The first-order valence-electron chi connectivity index (χ1n) is 4.84. The molecule has 0 aliphatic heterocycles. The molecule has 1 saturated carbocycles. The Kier molecular flexibility index (Phi) is 2.78. The van der Waals surface area contributed by atoms with Crippen LogP contribution in [0.25, 0.3) is 0 Å². The van der Waals surface area contributed by atoms with Crippen LogP contribution in [0.15, 0.2) is 22.7 Å². The molecule has 0 bridgehead atoms. The predicted molar refractivity (Wildman–Crippen MR) is 59.1 cm³/mol. The molecule has 0 saturated heterocycles. The largest absolute Gasteiger partial charge is 0.349 e. The maximum absolute atomic E-state index is 13.3. The second kappa shape index (κ2) is 3.93. The second-order valence-electron chi connectivity index (χ2n) is 3.92. The fourth-order valence-electron chi connectivity index (χ4n) is 1.44. The molecule has 2 nitrogen and oxygen atoms in total. The fourth-order valence-corrected chi connectivity index (χ4v) is 1.80. The number of carbonyl (C=O) groups excluding carboxylic acids is 1. The first-order valence-corrected chi connectivity index (χ1v) is 5.63. The van der Waals surface area contributed by atoms with Crippen LogP contribution in [0.4, 0.5) is 4.39 Å². The molecule has 1 aliphatic carbocycles. The summed E-state index contributed by atoms with van der Waals surface area (Å²) in [7, 11) is 0. The summed E-state index contributed by atoms with van der Waals surface area (Å²) in [5.41, 5.74) is 0.100. The molecule has 1 aliphatic rings. The minimum atomic E-state index is -0.482. The molecule has 1 fully saturated rings. The zero-order chi connectivity index (χ0) is 11.0. The van der Waals surface area contributed by atoms with Crippen LogP contribution in [0, 0.1) is 11.7 Å². The lowest BCUT2D eigenvalue weighted by molar-refractivity contribution is 0.0945. The topological polar surface area (TPSA) is 29.1 Å². The number of hydrogen-bond acceptors (Lipinski definition) is 1. The van der Waals surface area contributed by atoms with Gasteiger partial charge in [0.05, 0.1) is 5.56 Å². The van der Waals surface area contributed by atoms with E-state index in [1.807, 2.05) is 0 Å². The Balaban J connectivity index is 2.14. The van der Waals surface area contributed by atoms with Crippen LogP contribution in [-0.2, 0) is 0 Å². The van der Waals surface area contributed by atoms with Gasteiger partial charge >= 0.3 is 0 Å². The molecule has 1 N–H and O–H groups in total. The van der Waals surface area contributed by atoms with Gasteiger partial charge in [-0.15, -0.1) is 0 Å². The Bertz CT molecular complexity index is 408. The average molecular weight is 272 g/mol. The van der Waals surface area contributed by atoms with Crippen LogP contribution in [0.3, 0.4) is 0 Å². The molecule has 1 aromatic rings. The normalized spacial score (nSPS) is 23.7. The third-order valence-electron chi connectivity index (χ3n) is 2.60. The number of amides is 1. The molecule has 2 unspecified atom stereocenters. The summed E-state index contributed by atoms with van der Waals surface area (Å²) in [6.45, 7) is 2.06. The van der Waals surface area contributed by atoms with E-state index in [4.69, 9.17) is 0 Å². The van der Waals surface area contributed by atoms with Crippen molar-refractivity contribution >= 4 is 21.8 Å². The molecule has 15 heavy (non-hydrogen) atoms. The van der Waals surface area contributed by atoms with Crippen molar-refractivity contribution in [2.45, 2.75) is 19.4 Å². The Hall–Kier alpha value is -0.900. The van der Waals surface area contributed by atoms with Gasteiger partial charge in [-0.25, -0.2) is 4.39 Å². The van der Waals surface area contributed by atoms with E-state index >= 15 is 0 Å². The summed E-state index contributed by atoms with van der Waals surface area (Å²) in [5, 5.41) is 2.79. The van der Waals surface area contributed by atoms with Gasteiger partial charge in [-0.3, -0.25) is 4.79 Å². The third kappa shape index (κ3) is 2.37. The van der Waals surface area contributed by atoms with E-state index in [2.05, 4.69) is 28.2 Å². The lowest BCUT2D eigenvalue weighted by Gasteiger charge is -2.05. The highest BCUT2D eigenvalue weighted by atomic mass is 79.9. The Morgan fingerprint density at radius 3 is 2.87 bits per heavy atom. The maximum atomic E-state index is 13.3. The quantitative estimate of drug-likeness (QED) is 0.881. The smallest absolute Gasteiger partial charge is 0.254 e. The fraction of sp³-hybridized carbons (Fsp3) is 0.364. The Labute approximate surface area is 96.0 Å². The van der Waals surface area contributed by atoms with E-state index in [-0.39, 0.29) is 17.5 Å². The van der Waals surface area contributed by atoms with Crippen LogP contribution < -0.4 is 5.32 Å². The van der Waals surface area contributed by atoms with Crippen molar-refractivity contribution in [2.24, 2.45) is 5.92 Å². The van der Waals surface area contributed by atoms with Gasteiger partial charge in [-0.2, -0.15) is 0 Å². The summed E-state index contributed by atoms with van der Waals surface area (Å²) in [5.74, 6) is -0.295. The van der Waals surface area contributed by atoms with E-state index in [0.717, 1.165) is 6.42 Å². The molecule has 2 rings (SSSR count). The van der Waals surface area contributed by atoms with Crippen molar-refractivity contribution in [2.75, 3.05) is 0 Å². The van der Waals surface area contributed by atoms with Gasteiger partial charge in [0.25, 0.3) is 5.91 Å². The Morgan fingerprint density at radius 1 is 1.60 bits per heavy atom. The van der Waals surface area contributed by atoms with Crippen LogP contribution in [-0.4, -0.2) is 11.9 Å². The second-order valence-corrected chi connectivity index (χ2v) is 4.83. The average Bonchev–Trinajstić information content (AvgIpc) is 2.86. The van der Waals surface area contributed by atoms with Gasteiger partial charge < -0.3 is 5.32 Å². The summed E-state index contributed by atoms with van der Waals surface area (Å²) in [6, 6.07) is 4.58. The predicted octanol–water partition coefficient (Wildman–Crippen LogP) is 2.73. The van der Waals surface area contributed by atoms with Gasteiger partial charge in [0.15, 0.2) is 0 Å². The lowest BCUT2D eigenvalue weighted by atomic mass is 10.2. The molecule has 0 spiro atoms. The molecule has 0 heterocycles. The SMILES string of the molecule is CC1CC1NC(=O)c1cc(Br)ccc1F. The van der Waals surface area contributed by atoms with Gasteiger partial charge in [0.2, 0.25) is 0 Å². The van der Waals surface area contributed by atoms with Crippen LogP contribution in [0.1, 0.15) is 23.7 Å². The highest BCUT2D eigenvalue weighted by Gasteiger charge is 2.34. The van der Waals surface area contributed by atoms with Gasteiger partial charge in [-0.05, 0) is 30.5 Å². The van der Waals surface area contributed by atoms with Crippen LogP contribution in [0.5, 0.6) is 0 Å². The number of benzene rings is 1. The number of halogens is 2. The molecule has 1 amide bonds. The number of hydrogen-bond donors (Lipinski definition) is 1. The minimum absolute atomic E-state index is 0.100. The number of nitrogens with one attached hydrogen (secondary N) is 1. The van der Waals surface area contributed by atoms with Gasteiger partial charge in [-0.1, -0.05) is 22.9 Å². The lowest BCUT2D eigenvalue weighted by Crippen LogP contribution is -2.27. The Morgan fingerprint density at radius 2 is 2.27 bits per heavy atom. The summed E-state index contributed by atoms with van der Waals surface area (Å²) in [4.78, 5) is 11.6. The van der Waals surface area contributed by atoms with Crippen LogP contribution in [0.2, 0.25) is 0 Å². The van der Waals surface area contributed by atoms with E-state index in [1.54, 1.807) is 6.07 Å². The molecule has 80 valence electrons. The number of rotatable bonds is 2.